The van der Waals surface area contributed by atoms with E-state index >= 15 is 0 Å². The lowest BCUT2D eigenvalue weighted by atomic mass is 10.1. The van der Waals surface area contributed by atoms with Crippen molar-refractivity contribution in [2.75, 3.05) is 0 Å². The van der Waals surface area contributed by atoms with Crippen LogP contribution in [-0.2, 0) is 9.09 Å². The monoisotopic (exact) mass is 192 g/mol. The van der Waals surface area contributed by atoms with Crippen molar-refractivity contribution >= 4 is 19.7 Å². The Kier molecular flexibility index (Phi) is 2.18. The summed E-state index contributed by atoms with van der Waals surface area (Å²) < 4.78 is 15.0. The first-order chi connectivity index (χ1) is 5.33. The summed E-state index contributed by atoms with van der Waals surface area (Å²) in [6.45, 7) is 3.07. The summed E-state index contributed by atoms with van der Waals surface area (Å²) in [7, 11) is -4.49. The predicted molar refractivity (Wildman–Crippen MR) is 43.1 cm³/mol. The third kappa shape index (κ3) is 1.98. The molecule has 1 aliphatic heterocycles. The normalized spacial score (nSPS) is 29.2. The Balaban J connectivity index is 2.82. The molecule has 68 valence electrons. The van der Waals surface area contributed by atoms with E-state index in [0.29, 0.717) is 5.71 Å². The average Bonchev–Trinajstić information content (AvgIpc) is 2.08. The van der Waals surface area contributed by atoms with Crippen molar-refractivity contribution < 1.29 is 18.9 Å². The molecule has 0 aromatic heterocycles. The molecule has 0 saturated heterocycles. The molecule has 0 aromatic carbocycles. The maximum absolute atomic E-state index is 10.5. The largest absolute Gasteiger partial charge is 0.470 e. The molecule has 0 amide bonds. The number of hydrogen-bond donors (Lipinski definition) is 2. The van der Waals surface area contributed by atoms with E-state index in [9.17, 15) is 4.57 Å². The lowest BCUT2D eigenvalue weighted by Gasteiger charge is -2.21. The second kappa shape index (κ2) is 2.74. The van der Waals surface area contributed by atoms with E-state index in [1.807, 2.05) is 0 Å². The molecule has 12 heavy (non-hydrogen) atoms. The summed E-state index contributed by atoms with van der Waals surface area (Å²) in [6, 6.07) is 0. The van der Waals surface area contributed by atoms with E-state index < -0.39 is 13.4 Å². The third-order valence-corrected chi connectivity index (χ3v) is 2.16. The lowest BCUT2D eigenvalue weighted by Crippen LogP contribution is -2.34. The molecule has 0 bridgehead atoms. The lowest BCUT2D eigenvalue weighted by molar-refractivity contribution is 0.153. The summed E-state index contributed by atoms with van der Waals surface area (Å²) in [5.41, 5.74) is -0.746. The van der Waals surface area contributed by atoms with Crippen LogP contribution in [0, 0.1) is 0 Å². The second-order valence-electron chi connectivity index (χ2n) is 2.62. The van der Waals surface area contributed by atoms with Crippen molar-refractivity contribution in [2.24, 2.45) is 10.2 Å². The Morgan fingerprint density at radius 2 is 2.25 bits per heavy atom. The smallest absolute Gasteiger partial charge is 0.303 e. The van der Waals surface area contributed by atoms with Gasteiger partial charge in [-0.05, 0) is 13.8 Å². The minimum atomic E-state index is -4.49. The minimum absolute atomic E-state index is 0.422. The van der Waals surface area contributed by atoms with Crippen LogP contribution in [0.15, 0.2) is 10.2 Å². The van der Waals surface area contributed by atoms with Gasteiger partial charge in [-0.15, -0.1) is 0 Å². The van der Waals surface area contributed by atoms with E-state index in [2.05, 4.69) is 14.7 Å². The minimum Gasteiger partial charge on any atom is -0.303 e. The van der Waals surface area contributed by atoms with Gasteiger partial charge < -0.3 is 9.79 Å². The van der Waals surface area contributed by atoms with Crippen LogP contribution in [-0.4, -0.2) is 27.3 Å². The Morgan fingerprint density at radius 3 is 2.58 bits per heavy atom. The van der Waals surface area contributed by atoms with Crippen molar-refractivity contribution in [1.29, 1.82) is 0 Å². The first-order valence-electron chi connectivity index (χ1n) is 3.19. The zero-order chi connectivity index (χ0) is 9.41. The van der Waals surface area contributed by atoms with E-state index in [1.165, 1.54) is 13.1 Å². The van der Waals surface area contributed by atoms with Gasteiger partial charge in [0.2, 0.25) is 0 Å². The Labute approximate surface area is 69.2 Å². The maximum Gasteiger partial charge on any atom is 0.470 e. The molecule has 2 N–H and O–H groups in total. The number of nitrogens with zero attached hydrogens (tertiary/aromatic N) is 2. The summed E-state index contributed by atoms with van der Waals surface area (Å²) in [4.78, 5) is 17.1. The third-order valence-electron chi connectivity index (χ3n) is 1.54. The van der Waals surface area contributed by atoms with E-state index in [-0.39, 0.29) is 0 Å². The van der Waals surface area contributed by atoms with Gasteiger partial charge in [0.25, 0.3) is 0 Å². The van der Waals surface area contributed by atoms with Gasteiger partial charge in [-0.3, -0.25) is 4.52 Å². The molecule has 1 unspecified atom stereocenters. The van der Waals surface area contributed by atoms with Gasteiger partial charge in [0.1, 0.15) is 0 Å². The molecule has 1 rings (SSSR count). The van der Waals surface area contributed by atoms with Crippen LogP contribution >= 0.6 is 7.82 Å². The average molecular weight is 192 g/mol. The van der Waals surface area contributed by atoms with Gasteiger partial charge >= 0.3 is 7.82 Å². The summed E-state index contributed by atoms with van der Waals surface area (Å²) in [5, 5.41) is 7.09. The molecule has 1 heterocycles. The van der Waals surface area contributed by atoms with Gasteiger partial charge in [-0.1, -0.05) is 0 Å². The van der Waals surface area contributed by atoms with Crippen molar-refractivity contribution in [3.05, 3.63) is 0 Å². The van der Waals surface area contributed by atoms with E-state index in [1.54, 1.807) is 6.92 Å². The maximum atomic E-state index is 10.5. The standard InChI is InChI=1S/C5H9N2O4P/c1-4-5(2,3-6-7-4)11-12(8,9)10/h3H,1-2H3,(H2,8,9,10). The Morgan fingerprint density at radius 1 is 1.67 bits per heavy atom. The van der Waals surface area contributed by atoms with Gasteiger partial charge in [-0.2, -0.15) is 10.2 Å². The van der Waals surface area contributed by atoms with Crippen LogP contribution in [0.2, 0.25) is 0 Å². The summed E-state index contributed by atoms with van der Waals surface area (Å²) >= 11 is 0. The van der Waals surface area contributed by atoms with Crippen LogP contribution in [0.4, 0.5) is 0 Å². The van der Waals surface area contributed by atoms with Crippen molar-refractivity contribution in [1.82, 2.24) is 0 Å². The molecule has 0 spiro atoms. The molecule has 0 aromatic rings. The van der Waals surface area contributed by atoms with Crippen LogP contribution < -0.4 is 0 Å². The first-order valence-corrected chi connectivity index (χ1v) is 4.72. The fourth-order valence-electron chi connectivity index (χ4n) is 0.755. The number of rotatable bonds is 2. The zero-order valence-corrected chi connectivity index (χ0v) is 7.52. The van der Waals surface area contributed by atoms with Gasteiger partial charge in [0.15, 0.2) is 5.60 Å². The molecule has 1 aliphatic rings. The molecular formula is C5H9N2O4P. The first kappa shape index (κ1) is 9.54. The van der Waals surface area contributed by atoms with Gasteiger partial charge in [0, 0.05) is 0 Å². The molecular weight excluding hydrogens is 183 g/mol. The Bertz CT molecular complexity index is 294. The molecule has 0 aliphatic carbocycles. The molecule has 7 heteroatoms. The van der Waals surface area contributed by atoms with E-state index in [4.69, 9.17) is 9.79 Å². The fourth-order valence-corrected chi connectivity index (χ4v) is 1.43. The SMILES string of the molecule is CC1=NN=CC1(C)OP(=O)(O)O. The van der Waals surface area contributed by atoms with Crippen LogP contribution in [0.25, 0.3) is 0 Å². The quantitative estimate of drug-likeness (QED) is 0.616. The van der Waals surface area contributed by atoms with Crippen molar-refractivity contribution in [3.63, 3.8) is 0 Å². The highest BCUT2D eigenvalue weighted by Gasteiger charge is 2.37. The van der Waals surface area contributed by atoms with E-state index in [0.717, 1.165) is 0 Å². The molecule has 0 saturated carbocycles. The highest BCUT2D eigenvalue weighted by atomic mass is 31.2. The number of hydrogen-bond acceptors (Lipinski definition) is 4. The van der Waals surface area contributed by atoms with Gasteiger partial charge in [0.05, 0.1) is 11.9 Å². The molecule has 0 fully saturated rings. The number of phosphoric acid groups is 1. The fraction of sp³-hybridized carbons (Fsp3) is 0.600. The molecule has 1 atom stereocenters. The van der Waals surface area contributed by atoms with Crippen LogP contribution in [0.3, 0.4) is 0 Å². The van der Waals surface area contributed by atoms with Gasteiger partial charge in [-0.25, -0.2) is 4.57 Å². The van der Waals surface area contributed by atoms with Crippen LogP contribution in [0.1, 0.15) is 13.8 Å². The number of phosphoric ester groups is 1. The summed E-state index contributed by atoms with van der Waals surface area (Å²) in [6.07, 6.45) is 1.25. The highest BCUT2D eigenvalue weighted by molar-refractivity contribution is 7.46. The molecule has 6 nitrogen and oxygen atoms in total. The molecule has 0 radical (unpaired) electrons. The van der Waals surface area contributed by atoms with Crippen molar-refractivity contribution in [3.8, 4) is 0 Å². The highest BCUT2D eigenvalue weighted by Crippen LogP contribution is 2.41. The Hall–Kier alpha value is -0.550. The second-order valence-corrected chi connectivity index (χ2v) is 3.78. The predicted octanol–water partition coefficient (Wildman–Crippen LogP) is 0.315. The van der Waals surface area contributed by atoms with Crippen LogP contribution in [0.5, 0.6) is 0 Å². The summed E-state index contributed by atoms with van der Waals surface area (Å²) in [5.74, 6) is 0. The van der Waals surface area contributed by atoms with Crippen molar-refractivity contribution in [2.45, 2.75) is 19.4 Å². The topological polar surface area (TPSA) is 91.5 Å². The zero-order valence-electron chi connectivity index (χ0n) is 6.63.